The highest BCUT2D eigenvalue weighted by Gasteiger charge is 2.20. The quantitative estimate of drug-likeness (QED) is 0.505. The van der Waals surface area contributed by atoms with E-state index in [0.717, 1.165) is 11.8 Å². The predicted molar refractivity (Wildman–Crippen MR) is 92.1 cm³/mol. The Morgan fingerprint density at radius 2 is 2.17 bits per heavy atom. The van der Waals surface area contributed by atoms with E-state index in [4.69, 9.17) is 0 Å². The second-order valence-electron chi connectivity index (χ2n) is 4.86. The van der Waals surface area contributed by atoms with E-state index in [-0.39, 0.29) is 12.1 Å². The van der Waals surface area contributed by atoms with E-state index < -0.39 is 17.3 Å². The SMILES string of the molecule is C=CCn1c(S[C@H](C)C(=O)NC(=O)OC)nc2ccccc2c1=O. The fourth-order valence-electron chi connectivity index (χ4n) is 1.99. The molecule has 1 aromatic heterocycles. The summed E-state index contributed by atoms with van der Waals surface area (Å²) < 4.78 is 5.84. The summed E-state index contributed by atoms with van der Waals surface area (Å²) in [7, 11) is 1.17. The van der Waals surface area contributed by atoms with Gasteiger partial charge in [-0.25, -0.2) is 9.78 Å². The maximum atomic E-state index is 12.6. The summed E-state index contributed by atoms with van der Waals surface area (Å²) in [5.74, 6) is -0.528. The lowest BCUT2D eigenvalue weighted by atomic mass is 10.2. The van der Waals surface area contributed by atoms with E-state index in [1.54, 1.807) is 37.3 Å². The van der Waals surface area contributed by atoms with Gasteiger partial charge in [-0.1, -0.05) is 30.0 Å². The van der Waals surface area contributed by atoms with Crippen LogP contribution in [-0.2, 0) is 16.1 Å². The van der Waals surface area contributed by atoms with Gasteiger partial charge < -0.3 is 4.74 Å². The third-order valence-electron chi connectivity index (χ3n) is 3.20. The van der Waals surface area contributed by atoms with Crippen LogP contribution in [0, 0.1) is 0 Å². The first-order valence-electron chi connectivity index (χ1n) is 7.14. The number of hydrogen-bond acceptors (Lipinski definition) is 6. The van der Waals surface area contributed by atoms with Crippen molar-refractivity contribution in [3.63, 3.8) is 0 Å². The number of nitrogens with zero attached hydrogens (tertiary/aromatic N) is 2. The Kier molecular flexibility index (Phi) is 5.75. The number of methoxy groups -OCH3 is 1. The number of fused-ring (bicyclic) bond motifs is 1. The van der Waals surface area contributed by atoms with E-state index in [2.05, 4.69) is 21.6 Å². The molecule has 0 aliphatic rings. The molecule has 0 spiro atoms. The van der Waals surface area contributed by atoms with Gasteiger partial charge >= 0.3 is 6.09 Å². The first kappa shape index (κ1) is 17.7. The summed E-state index contributed by atoms with van der Waals surface area (Å²) in [6, 6.07) is 6.99. The zero-order valence-corrected chi connectivity index (χ0v) is 14.1. The van der Waals surface area contributed by atoms with Gasteiger partial charge in [0.05, 0.1) is 23.3 Å². The Balaban J connectivity index is 2.38. The molecular weight excluding hydrogens is 330 g/mol. The number of hydrogen-bond donors (Lipinski definition) is 1. The van der Waals surface area contributed by atoms with Gasteiger partial charge in [-0.3, -0.25) is 19.5 Å². The molecule has 1 N–H and O–H groups in total. The number of para-hydroxylation sites is 1. The largest absolute Gasteiger partial charge is 0.453 e. The average Bonchev–Trinajstić information content (AvgIpc) is 2.58. The van der Waals surface area contributed by atoms with Crippen LogP contribution in [0.15, 0.2) is 46.9 Å². The molecule has 126 valence electrons. The van der Waals surface area contributed by atoms with Crippen molar-refractivity contribution >= 4 is 34.7 Å². The molecule has 0 fully saturated rings. The van der Waals surface area contributed by atoms with Crippen LogP contribution >= 0.6 is 11.8 Å². The number of allylic oxidation sites excluding steroid dienone is 1. The second kappa shape index (κ2) is 7.78. The van der Waals surface area contributed by atoms with Gasteiger partial charge in [0, 0.05) is 6.54 Å². The lowest BCUT2D eigenvalue weighted by Crippen LogP contribution is -2.36. The minimum Gasteiger partial charge on any atom is -0.453 e. The number of thioether (sulfide) groups is 1. The molecule has 1 aromatic carbocycles. The van der Waals surface area contributed by atoms with Gasteiger partial charge in [0.2, 0.25) is 5.91 Å². The van der Waals surface area contributed by atoms with Crippen LogP contribution in [-0.4, -0.2) is 33.9 Å². The topological polar surface area (TPSA) is 90.3 Å². The van der Waals surface area contributed by atoms with E-state index in [0.29, 0.717) is 16.1 Å². The molecule has 1 atom stereocenters. The molecule has 0 saturated heterocycles. The van der Waals surface area contributed by atoms with Crippen molar-refractivity contribution in [3.05, 3.63) is 47.3 Å². The van der Waals surface area contributed by atoms with E-state index >= 15 is 0 Å². The minimum absolute atomic E-state index is 0.205. The number of amides is 2. The van der Waals surface area contributed by atoms with Crippen molar-refractivity contribution in [2.45, 2.75) is 23.9 Å². The molecule has 1 heterocycles. The lowest BCUT2D eigenvalue weighted by Gasteiger charge is -2.14. The van der Waals surface area contributed by atoms with Crippen molar-refractivity contribution < 1.29 is 14.3 Å². The number of aromatic nitrogens is 2. The number of carbonyl (C=O) groups excluding carboxylic acids is 2. The number of ether oxygens (including phenoxy) is 1. The summed E-state index contributed by atoms with van der Waals surface area (Å²) in [4.78, 5) is 40.2. The van der Waals surface area contributed by atoms with Crippen LogP contribution in [0.1, 0.15) is 6.92 Å². The highest BCUT2D eigenvalue weighted by atomic mass is 32.2. The maximum absolute atomic E-state index is 12.6. The smallest absolute Gasteiger partial charge is 0.413 e. The van der Waals surface area contributed by atoms with Crippen molar-refractivity contribution in [2.24, 2.45) is 0 Å². The third kappa shape index (κ3) is 3.83. The lowest BCUT2D eigenvalue weighted by molar-refractivity contribution is -0.119. The molecule has 0 aliphatic heterocycles. The van der Waals surface area contributed by atoms with Crippen LogP contribution in [0.3, 0.4) is 0 Å². The van der Waals surface area contributed by atoms with Crippen molar-refractivity contribution in [3.8, 4) is 0 Å². The molecule has 2 rings (SSSR count). The molecule has 0 unspecified atom stereocenters. The summed E-state index contributed by atoms with van der Waals surface area (Å²) in [6.07, 6.45) is 0.753. The monoisotopic (exact) mass is 347 g/mol. The molecule has 2 amide bonds. The van der Waals surface area contributed by atoms with Crippen molar-refractivity contribution in [1.82, 2.24) is 14.9 Å². The summed E-state index contributed by atoms with van der Waals surface area (Å²) in [5.41, 5.74) is 0.342. The molecule has 0 bridgehead atoms. The van der Waals surface area contributed by atoms with Gasteiger partial charge in [0.15, 0.2) is 5.16 Å². The van der Waals surface area contributed by atoms with Gasteiger partial charge in [-0.2, -0.15) is 0 Å². The summed E-state index contributed by atoms with van der Waals surface area (Å²) >= 11 is 1.08. The molecule has 0 radical (unpaired) electrons. The Hall–Kier alpha value is -2.61. The van der Waals surface area contributed by atoms with Crippen LogP contribution in [0.2, 0.25) is 0 Å². The standard InChI is InChI=1S/C16H17N3O4S/c1-4-9-19-14(21)11-7-5-6-8-12(11)17-15(19)24-10(2)13(20)18-16(22)23-3/h4-8,10H,1,9H2,2-3H3,(H,18,20,22)/t10-/m1/s1. The van der Waals surface area contributed by atoms with Crippen molar-refractivity contribution in [2.75, 3.05) is 7.11 Å². The van der Waals surface area contributed by atoms with E-state index in [1.165, 1.54) is 11.7 Å². The van der Waals surface area contributed by atoms with Crippen LogP contribution in [0.5, 0.6) is 0 Å². The number of alkyl carbamates (subject to hydrolysis) is 1. The fourth-order valence-corrected chi connectivity index (χ4v) is 2.91. The minimum atomic E-state index is -0.831. The normalized spacial score (nSPS) is 11.8. The van der Waals surface area contributed by atoms with Crippen LogP contribution in [0.25, 0.3) is 10.9 Å². The van der Waals surface area contributed by atoms with Crippen LogP contribution in [0.4, 0.5) is 4.79 Å². The summed E-state index contributed by atoms with van der Waals surface area (Å²) in [5, 5.41) is 2.33. The Labute approximate surface area is 142 Å². The van der Waals surface area contributed by atoms with Gasteiger partial charge in [-0.15, -0.1) is 6.58 Å². The number of benzene rings is 1. The molecule has 0 aliphatic carbocycles. The zero-order valence-electron chi connectivity index (χ0n) is 13.3. The van der Waals surface area contributed by atoms with E-state index in [9.17, 15) is 14.4 Å². The Morgan fingerprint density at radius 3 is 2.83 bits per heavy atom. The number of imide groups is 1. The second-order valence-corrected chi connectivity index (χ2v) is 6.16. The number of rotatable bonds is 5. The van der Waals surface area contributed by atoms with Crippen LogP contribution < -0.4 is 10.9 Å². The number of nitrogens with one attached hydrogen (secondary N) is 1. The van der Waals surface area contributed by atoms with Gasteiger partial charge in [0.1, 0.15) is 0 Å². The van der Waals surface area contributed by atoms with Crippen molar-refractivity contribution in [1.29, 1.82) is 0 Å². The van der Waals surface area contributed by atoms with Gasteiger partial charge in [0.25, 0.3) is 5.56 Å². The molecule has 0 saturated carbocycles. The highest BCUT2D eigenvalue weighted by molar-refractivity contribution is 8.00. The number of carbonyl (C=O) groups is 2. The maximum Gasteiger partial charge on any atom is 0.413 e. The first-order valence-corrected chi connectivity index (χ1v) is 8.01. The highest BCUT2D eigenvalue weighted by Crippen LogP contribution is 2.22. The Bertz CT molecular complexity index is 847. The summed E-state index contributed by atoms with van der Waals surface area (Å²) in [6.45, 7) is 5.53. The predicted octanol–water partition coefficient (Wildman–Crippen LogP) is 1.95. The zero-order chi connectivity index (χ0) is 17.7. The third-order valence-corrected chi connectivity index (χ3v) is 4.29. The molecule has 24 heavy (non-hydrogen) atoms. The average molecular weight is 347 g/mol. The Morgan fingerprint density at radius 1 is 1.46 bits per heavy atom. The molecule has 2 aromatic rings. The fraction of sp³-hybridized carbons (Fsp3) is 0.250. The molecule has 7 nitrogen and oxygen atoms in total. The van der Waals surface area contributed by atoms with E-state index in [1.807, 2.05) is 0 Å². The van der Waals surface area contributed by atoms with Gasteiger partial charge in [-0.05, 0) is 19.1 Å². The molecule has 8 heteroatoms. The molecular formula is C16H17N3O4S. The first-order chi connectivity index (χ1) is 11.5.